The van der Waals surface area contributed by atoms with Crippen LogP contribution in [0.3, 0.4) is 0 Å². The quantitative estimate of drug-likeness (QED) is 0.138. The lowest BCUT2D eigenvalue weighted by Gasteiger charge is -2.36. The highest BCUT2D eigenvalue weighted by Crippen LogP contribution is 2.37. The number of hydrogen-bond acceptors (Lipinski definition) is 7. The molecular weight excluding hydrogens is 826 g/mol. The lowest BCUT2D eigenvalue weighted by molar-refractivity contribution is -0.906. The van der Waals surface area contributed by atoms with E-state index in [1.54, 1.807) is 58.2 Å². The van der Waals surface area contributed by atoms with Gasteiger partial charge in [-0.15, -0.1) is 0 Å². The lowest BCUT2D eigenvalue weighted by Crippen LogP contribution is -2.44. The van der Waals surface area contributed by atoms with Gasteiger partial charge in [0.05, 0.1) is 30.9 Å². The topological polar surface area (TPSA) is 122 Å². The van der Waals surface area contributed by atoms with Crippen LogP contribution in [0.1, 0.15) is 61.2 Å². The summed E-state index contributed by atoms with van der Waals surface area (Å²) < 4.78 is 31.2. The second-order valence-electron chi connectivity index (χ2n) is 18.0. The molecule has 0 radical (unpaired) electrons. The number of hydrogen-bond donors (Lipinski definition) is 1. The van der Waals surface area contributed by atoms with Gasteiger partial charge in [-0.05, 0) is 103 Å². The number of benzene rings is 4. The van der Waals surface area contributed by atoms with Crippen molar-refractivity contribution in [2.24, 2.45) is 14.1 Å². The van der Waals surface area contributed by atoms with Crippen molar-refractivity contribution >= 4 is 29.1 Å². The first kappa shape index (κ1) is 43.5. The fourth-order valence-electron chi connectivity index (χ4n) is 9.35. The molecule has 0 spiro atoms. The van der Waals surface area contributed by atoms with Crippen LogP contribution >= 0.6 is 0 Å². The molecule has 2 aromatic heterocycles. The van der Waals surface area contributed by atoms with E-state index in [0.717, 1.165) is 40.9 Å². The third-order valence-corrected chi connectivity index (χ3v) is 13.4. The van der Waals surface area contributed by atoms with Crippen LogP contribution in [0.25, 0.3) is 11.3 Å². The number of anilines is 2. The second kappa shape index (κ2) is 17.7. The molecule has 9 rings (SSSR count). The molecule has 0 aliphatic carbocycles. The van der Waals surface area contributed by atoms with Gasteiger partial charge in [-0.3, -0.25) is 28.4 Å². The second-order valence-corrected chi connectivity index (χ2v) is 18.0. The normalized spacial score (nSPS) is 18.0. The molecule has 3 aliphatic rings. The largest absolute Gasteiger partial charge is 0.508 e. The van der Waals surface area contributed by atoms with Crippen LogP contribution in [0.2, 0.25) is 0 Å². The predicted octanol–water partition coefficient (Wildman–Crippen LogP) is 7.08. The van der Waals surface area contributed by atoms with Crippen molar-refractivity contribution in [3.8, 4) is 22.8 Å². The number of aromatic nitrogens is 3. The summed E-state index contributed by atoms with van der Waals surface area (Å²) in [5.41, 5.74) is 8.56. The number of quaternary nitrogens is 1. The lowest BCUT2D eigenvalue weighted by atomic mass is 9.89. The number of rotatable bonds is 11. The van der Waals surface area contributed by atoms with Gasteiger partial charge in [-0.25, -0.2) is 4.39 Å². The summed E-state index contributed by atoms with van der Waals surface area (Å²) in [6.07, 6.45) is 4.51. The fourth-order valence-corrected chi connectivity index (χ4v) is 9.35. The van der Waals surface area contributed by atoms with Gasteiger partial charge in [-0.1, -0.05) is 30.3 Å². The Kier molecular flexibility index (Phi) is 11.8. The third kappa shape index (κ3) is 8.75. The van der Waals surface area contributed by atoms with E-state index in [-0.39, 0.29) is 42.5 Å². The zero-order chi connectivity index (χ0) is 45.6. The van der Waals surface area contributed by atoms with E-state index in [9.17, 15) is 14.7 Å². The van der Waals surface area contributed by atoms with E-state index in [1.807, 2.05) is 53.8 Å². The molecule has 4 aromatic carbocycles. The highest BCUT2D eigenvalue weighted by atomic mass is 19.1. The van der Waals surface area contributed by atoms with Crippen LogP contribution in [0, 0.1) is 12.7 Å². The fraction of sp³-hybridized carbons (Fsp3) is 0.333. The van der Waals surface area contributed by atoms with Gasteiger partial charge in [-0.2, -0.15) is 5.10 Å². The molecule has 6 aromatic rings. The Balaban J connectivity index is 1.02. The third-order valence-electron chi connectivity index (χ3n) is 13.4. The van der Waals surface area contributed by atoms with Crippen LogP contribution in [-0.2, 0) is 56.0 Å². The number of amides is 3. The number of phenols is 1. The Labute approximate surface area is 378 Å². The first-order chi connectivity index (χ1) is 31.2. The van der Waals surface area contributed by atoms with Crippen molar-refractivity contribution in [3.63, 3.8) is 0 Å². The van der Waals surface area contributed by atoms with Gasteiger partial charge in [0, 0.05) is 80.2 Å². The van der Waals surface area contributed by atoms with Crippen molar-refractivity contribution in [1.82, 2.24) is 24.1 Å². The summed E-state index contributed by atoms with van der Waals surface area (Å²) in [6.45, 7) is 8.53. The molecule has 3 aliphatic heterocycles. The summed E-state index contributed by atoms with van der Waals surface area (Å²) in [6, 6.07) is 25.1. The summed E-state index contributed by atoms with van der Waals surface area (Å²) in [5, 5.41) is 14.4. The molecule has 0 saturated carbocycles. The number of aromatic hydroxyl groups is 1. The Morgan fingerprint density at radius 2 is 1.72 bits per heavy atom. The number of phenolic OH excluding ortho intramolecular Hbond substituents is 1. The molecule has 13 nitrogen and oxygen atoms in total. The molecule has 1 fully saturated rings. The zero-order valence-corrected chi connectivity index (χ0v) is 37.6. The zero-order valence-electron chi connectivity index (χ0n) is 37.6. The number of likely N-dealkylation sites (N-methyl/N-ethyl adjacent to an activating group) is 1. The predicted molar refractivity (Wildman–Crippen MR) is 244 cm³/mol. The van der Waals surface area contributed by atoms with Gasteiger partial charge >= 0.3 is 0 Å². The monoisotopic (exact) mass is 880 g/mol. The average Bonchev–Trinajstić information content (AvgIpc) is 4.01. The molecule has 336 valence electrons. The number of carbonyl (C=O) groups is 3. The van der Waals surface area contributed by atoms with E-state index in [4.69, 9.17) is 9.47 Å². The average molecular weight is 881 g/mol. The van der Waals surface area contributed by atoms with E-state index in [1.165, 1.54) is 23.8 Å². The molecule has 5 heterocycles. The van der Waals surface area contributed by atoms with Crippen molar-refractivity contribution in [1.29, 1.82) is 0 Å². The highest BCUT2D eigenvalue weighted by molar-refractivity contribution is 6.12. The maximum atomic E-state index is 15.5. The Hall–Kier alpha value is -6.77. The van der Waals surface area contributed by atoms with Gasteiger partial charge in [0.25, 0.3) is 11.8 Å². The van der Waals surface area contributed by atoms with E-state index >= 15 is 9.18 Å². The van der Waals surface area contributed by atoms with E-state index in [0.29, 0.717) is 90.0 Å². The summed E-state index contributed by atoms with van der Waals surface area (Å²) in [5.74, 6) is -0.642. The molecule has 2 atom stereocenters. The van der Waals surface area contributed by atoms with Crippen LogP contribution in [-0.4, -0.2) is 104 Å². The minimum atomic E-state index is -0.491. The van der Waals surface area contributed by atoms with Gasteiger partial charge in [0.2, 0.25) is 5.91 Å². The minimum absolute atomic E-state index is 0.0782. The van der Waals surface area contributed by atoms with Gasteiger partial charge in [0.1, 0.15) is 43.6 Å². The maximum Gasteiger partial charge on any atom is 0.264 e. The molecule has 0 bridgehead atoms. The summed E-state index contributed by atoms with van der Waals surface area (Å²) >= 11 is 0. The van der Waals surface area contributed by atoms with Crippen LogP contribution in [0.4, 0.5) is 15.8 Å². The van der Waals surface area contributed by atoms with E-state index in [2.05, 4.69) is 31.2 Å². The number of halogens is 1. The number of ether oxygens (including phenoxy) is 2. The molecule has 1 saturated heterocycles. The number of fused-ring (bicyclic) bond motifs is 2. The van der Waals surface area contributed by atoms with Crippen molar-refractivity contribution in [2.45, 2.75) is 52.2 Å². The standard InChI is InChI=1S/C51H54FN7O6/c1-33-22-35-8-6-7-9-38(35)30-57(33)50(62)46-24-39-29-56(49(61)25-37-10-15-43(26-47(37)52)65-21-19-59(5)18-20-64-32-59)17-16-36(39)23-45(46)48-27-44(34(2)55(48)4)51(63)58(41-28-53-54(3)31-41)40-11-13-42(60)14-12-40/h6-15,23-24,26-28,31,33H,16-22,25,29-30,32H2,1-5H3/p+1. The Morgan fingerprint density at radius 3 is 2.45 bits per heavy atom. The highest BCUT2D eigenvalue weighted by Gasteiger charge is 2.34. The summed E-state index contributed by atoms with van der Waals surface area (Å²) in [4.78, 5) is 48.9. The molecule has 1 N–H and O–H groups in total. The molecule has 65 heavy (non-hydrogen) atoms. The van der Waals surface area contributed by atoms with Crippen molar-refractivity contribution < 1.29 is 37.8 Å². The molecular formula is C51H55FN7O6+. The molecule has 2 unspecified atom stereocenters. The van der Waals surface area contributed by atoms with Gasteiger partial charge in [0.15, 0.2) is 6.73 Å². The van der Waals surface area contributed by atoms with E-state index < -0.39 is 5.82 Å². The van der Waals surface area contributed by atoms with Gasteiger partial charge < -0.3 is 28.9 Å². The smallest absolute Gasteiger partial charge is 0.264 e. The number of nitrogens with zero attached hydrogens (tertiary/aromatic N) is 7. The van der Waals surface area contributed by atoms with Crippen molar-refractivity contribution in [3.05, 3.63) is 148 Å². The first-order valence-corrected chi connectivity index (χ1v) is 22.2. The first-order valence-electron chi connectivity index (χ1n) is 22.2. The molecule has 14 heteroatoms. The summed E-state index contributed by atoms with van der Waals surface area (Å²) in [7, 11) is 5.79. The van der Waals surface area contributed by atoms with Crippen LogP contribution < -0.4 is 9.64 Å². The van der Waals surface area contributed by atoms with Crippen LogP contribution in [0.5, 0.6) is 11.5 Å². The maximum absolute atomic E-state index is 15.5. The minimum Gasteiger partial charge on any atom is -0.508 e. The number of carbonyl (C=O) groups excluding carboxylic acids is 3. The SMILES string of the molecule is Cc1c(C(=O)N(c2ccc(O)cc2)c2cnn(C)c2)cc(-c2cc3c(cc2C(=O)N2Cc4ccccc4CC2C)CN(C(=O)Cc2ccc(OCC[N+]4(C)CCOC4)cc2F)CC3)n1C. The van der Waals surface area contributed by atoms with Crippen molar-refractivity contribution in [2.75, 3.05) is 51.5 Å². The van der Waals surface area contributed by atoms with Crippen LogP contribution in [0.15, 0.2) is 97.3 Å². The number of aryl methyl sites for hydroxylation is 1. The Bertz CT molecular complexity index is 2790. The Morgan fingerprint density at radius 1 is 0.938 bits per heavy atom. The molecule has 3 amide bonds.